The highest BCUT2D eigenvalue weighted by atomic mass is 16.7. The molecule has 2 aliphatic rings. The molecule has 0 amide bonds. The van der Waals surface area contributed by atoms with Gasteiger partial charge in [-0.15, -0.1) is 0 Å². The van der Waals surface area contributed by atoms with Crippen LogP contribution in [-0.4, -0.2) is 39.1 Å². The fourth-order valence-corrected chi connectivity index (χ4v) is 2.35. The maximum absolute atomic E-state index is 11.6. The number of rotatable bonds is 2. The van der Waals surface area contributed by atoms with Crippen molar-refractivity contribution >= 4 is 0 Å². The van der Waals surface area contributed by atoms with Crippen molar-refractivity contribution in [2.24, 2.45) is 0 Å². The molecular formula is C10H12N2O5. The molecule has 2 fully saturated rings. The number of nitrogens with one attached hydrogen (secondary N) is 1. The minimum Gasteiger partial charge on any atom is -0.394 e. The number of fused-ring (bicyclic) bond motifs is 1. The molecule has 0 aliphatic carbocycles. The molecule has 1 aromatic heterocycles. The van der Waals surface area contributed by atoms with Crippen LogP contribution in [-0.2, 0) is 9.47 Å². The molecule has 0 saturated carbocycles. The molecule has 3 heterocycles. The Hall–Kier alpha value is -1.44. The minimum absolute atomic E-state index is 0.158. The number of hydrogen-bond acceptors (Lipinski definition) is 5. The van der Waals surface area contributed by atoms with E-state index in [1.165, 1.54) is 16.8 Å². The van der Waals surface area contributed by atoms with Gasteiger partial charge in [-0.05, 0) is 6.92 Å². The molecule has 7 heteroatoms. The molecule has 2 aliphatic heterocycles. The molecule has 2 saturated heterocycles. The van der Waals surface area contributed by atoms with Crippen LogP contribution in [0.25, 0.3) is 0 Å². The van der Waals surface area contributed by atoms with Crippen molar-refractivity contribution in [3.8, 4) is 0 Å². The lowest BCUT2D eigenvalue weighted by atomic mass is 10.1. The molecule has 0 spiro atoms. The molecule has 0 unspecified atom stereocenters. The fraction of sp³-hybridized carbons (Fsp3) is 0.600. The van der Waals surface area contributed by atoms with Crippen LogP contribution < -0.4 is 11.2 Å². The van der Waals surface area contributed by atoms with Crippen LogP contribution in [0, 0.1) is 0 Å². The summed E-state index contributed by atoms with van der Waals surface area (Å²) < 4.78 is 12.3. The molecular weight excluding hydrogens is 228 g/mol. The van der Waals surface area contributed by atoms with Crippen LogP contribution in [0.2, 0.25) is 0 Å². The second-order valence-electron chi connectivity index (χ2n) is 4.45. The van der Waals surface area contributed by atoms with E-state index in [2.05, 4.69) is 4.98 Å². The average Bonchev–Trinajstić information content (AvgIpc) is 2.88. The van der Waals surface area contributed by atoms with Crippen molar-refractivity contribution in [1.29, 1.82) is 0 Å². The van der Waals surface area contributed by atoms with Crippen molar-refractivity contribution in [1.82, 2.24) is 9.55 Å². The molecule has 0 bridgehead atoms. The van der Waals surface area contributed by atoms with Crippen molar-refractivity contribution in [2.45, 2.75) is 31.0 Å². The molecule has 0 aromatic carbocycles. The number of ether oxygens (including phenoxy) is 2. The molecule has 0 radical (unpaired) electrons. The Morgan fingerprint density at radius 2 is 2.35 bits per heavy atom. The van der Waals surface area contributed by atoms with E-state index in [-0.39, 0.29) is 12.7 Å². The number of aromatic nitrogens is 2. The third kappa shape index (κ3) is 1.40. The molecule has 2 N–H and O–H groups in total. The topological polar surface area (TPSA) is 96.8 Å². The summed E-state index contributed by atoms with van der Waals surface area (Å²) in [5.74, 6) is 0. The van der Waals surface area contributed by atoms with Crippen molar-refractivity contribution in [3.63, 3.8) is 0 Å². The predicted molar refractivity (Wildman–Crippen MR) is 55.6 cm³/mol. The summed E-state index contributed by atoms with van der Waals surface area (Å²) >= 11 is 0. The van der Waals surface area contributed by atoms with Crippen LogP contribution in [0.3, 0.4) is 0 Å². The minimum atomic E-state index is -0.617. The summed E-state index contributed by atoms with van der Waals surface area (Å²) in [5, 5.41) is 9.11. The number of aliphatic hydroxyl groups excluding tert-OH is 1. The standard InChI is InChI=1S/C10H12N2O5/c1-10-7(17-10)5(4-13)16-8(10)12-3-2-6(14)11-9(12)15/h2-3,5,7-8,13H,4H2,1H3,(H,11,14,15)/t5-,7+,8-,10+/m1/s1. The van der Waals surface area contributed by atoms with Gasteiger partial charge in [-0.2, -0.15) is 0 Å². The van der Waals surface area contributed by atoms with Gasteiger partial charge < -0.3 is 14.6 Å². The van der Waals surface area contributed by atoms with Gasteiger partial charge in [-0.3, -0.25) is 14.3 Å². The van der Waals surface area contributed by atoms with Gasteiger partial charge in [-0.1, -0.05) is 0 Å². The van der Waals surface area contributed by atoms with Gasteiger partial charge in [0.2, 0.25) is 0 Å². The van der Waals surface area contributed by atoms with Crippen LogP contribution in [0.5, 0.6) is 0 Å². The average molecular weight is 240 g/mol. The predicted octanol–water partition coefficient (Wildman–Crippen LogP) is -1.42. The maximum atomic E-state index is 11.6. The Kier molecular flexibility index (Phi) is 2.07. The number of H-pyrrole nitrogens is 1. The van der Waals surface area contributed by atoms with Crippen molar-refractivity contribution < 1.29 is 14.6 Å². The van der Waals surface area contributed by atoms with Gasteiger partial charge in [0, 0.05) is 12.3 Å². The van der Waals surface area contributed by atoms with E-state index in [0.29, 0.717) is 0 Å². The van der Waals surface area contributed by atoms with Gasteiger partial charge in [-0.25, -0.2) is 4.79 Å². The summed E-state index contributed by atoms with van der Waals surface area (Å²) in [5.41, 5.74) is -1.60. The van der Waals surface area contributed by atoms with Crippen molar-refractivity contribution in [2.75, 3.05) is 6.61 Å². The fourth-order valence-electron chi connectivity index (χ4n) is 2.35. The first-order valence-electron chi connectivity index (χ1n) is 5.32. The smallest absolute Gasteiger partial charge is 0.330 e. The molecule has 92 valence electrons. The number of aliphatic hydroxyl groups is 1. The largest absolute Gasteiger partial charge is 0.394 e. The number of hydrogen-bond donors (Lipinski definition) is 2. The molecule has 7 nitrogen and oxygen atoms in total. The van der Waals surface area contributed by atoms with Crippen LogP contribution in [0.4, 0.5) is 0 Å². The van der Waals surface area contributed by atoms with E-state index in [9.17, 15) is 9.59 Å². The van der Waals surface area contributed by atoms with Crippen molar-refractivity contribution in [3.05, 3.63) is 33.1 Å². The van der Waals surface area contributed by atoms with E-state index in [0.717, 1.165) is 0 Å². The monoisotopic (exact) mass is 240 g/mol. The van der Waals surface area contributed by atoms with Gasteiger partial charge in [0.1, 0.15) is 17.8 Å². The number of epoxide rings is 1. The first-order chi connectivity index (χ1) is 8.06. The van der Waals surface area contributed by atoms with Crippen LogP contribution >= 0.6 is 0 Å². The Morgan fingerprint density at radius 1 is 1.59 bits per heavy atom. The zero-order chi connectivity index (χ0) is 12.2. The molecule has 17 heavy (non-hydrogen) atoms. The summed E-state index contributed by atoms with van der Waals surface area (Å²) in [4.78, 5) is 24.8. The zero-order valence-corrected chi connectivity index (χ0v) is 9.12. The van der Waals surface area contributed by atoms with Gasteiger partial charge in [0.15, 0.2) is 6.23 Å². The Bertz CT molecular complexity index is 564. The van der Waals surface area contributed by atoms with E-state index in [1.54, 1.807) is 0 Å². The summed E-state index contributed by atoms with van der Waals surface area (Å²) in [6.45, 7) is 1.66. The quantitative estimate of drug-likeness (QED) is 0.619. The molecule has 3 rings (SSSR count). The lowest BCUT2D eigenvalue weighted by Gasteiger charge is -2.20. The molecule has 4 atom stereocenters. The Labute approximate surface area is 95.6 Å². The maximum Gasteiger partial charge on any atom is 0.330 e. The Morgan fingerprint density at radius 3 is 2.94 bits per heavy atom. The Balaban J connectivity index is 2.01. The lowest BCUT2D eigenvalue weighted by Crippen LogP contribution is -2.36. The zero-order valence-electron chi connectivity index (χ0n) is 9.12. The lowest BCUT2D eigenvalue weighted by molar-refractivity contribution is -0.102. The third-order valence-corrected chi connectivity index (χ3v) is 3.30. The van der Waals surface area contributed by atoms with Gasteiger partial charge >= 0.3 is 5.69 Å². The number of nitrogens with zero attached hydrogens (tertiary/aromatic N) is 1. The van der Waals surface area contributed by atoms with Gasteiger partial charge in [0.05, 0.1) is 6.61 Å². The summed E-state index contributed by atoms with van der Waals surface area (Å²) in [6.07, 6.45) is 0.129. The first kappa shape index (κ1) is 10.7. The highest BCUT2D eigenvalue weighted by Gasteiger charge is 2.69. The summed E-state index contributed by atoms with van der Waals surface area (Å²) in [6, 6.07) is 1.25. The van der Waals surface area contributed by atoms with E-state index in [1.807, 2.05) is 6.92 Å². The summed E-state index contributed by atoms with van der Waals surface area (Å²) in [7, 11) is 0. The third-order valence-electron chi connectivity index (χ3n) is 3.30. The van der Waals surface area contributed by atoms with E-state index >= 15 is 0 Å². The van der Waals surface area contributed by atoms with Crippen LogP contribution in [0.1, 0.15) is 13.2 Å². The SMILES string of the molecule is C[C@]12O[C@H]1[C@@H](CO)O[C@H]2n1ccc(=O)[nH]c1=O. The molecule has 1 aromatic rings. The van der Waals surface area contributed by atoms with Gasteiger partial charge in [0.25, 0.3) is 5.56 Å². The number of aromatic amines is 1. The highest BCUT2D eigenvalue weighted by molar-refractivity contribution is 5.12. The van der Waals surface area contributed by atoms with Crippen LogP contribution in [0.15, 0.2) is 21.9 Å². The second kappa shape index (κ2) is 3.28. The normalized spacial score (nSPS) is 39.1. The van der Waals surface area contributed by atoms with E-state index < -0.39 is 29.2 Å². The first-order valence-corrected chi connectivity index (χ1v) is 5.32. The van der Waals surface area contributed by atoms with E-state index in [4.69, 9.17) is 14.6 Å². The second-order valence-corrected chi connectivity index (χ2v) is 4.45. The highest BCUT2D eigenvalue weighted by Crippen LogP contribution is 2.54.